The first kappa shape index (κ1) is 14.9. The number of rotatable bonds is 6. The van der Waals surface area contributed by atoms with Gasteiger partial charge in [-0.25, -0.2) is 18.2 Å². The summed E-state index contributed by atoms with van der Waals surface area (Å²) in [5, 5.41) is 8.53. The van der Waals surface area contributed by atoms with Crippen LogP contribution >= 0.6 is 0 Å². The average molecular weight is 307 g/mol. The number of aromatic nitrogens is 3. The van der Waals surface area contributed by atoms with Gasteiger partial charge in [0.25, 0.3) is 5.91 Å². The average Bonchev–Trinajstić information content (AvgIpc) is 2.98. The Balaban J connectivity index is 2.21. The van der Waals surface area contributed by atoms with Gasteiger partial charge in [0.2, 0.25) is 16.0 Å². The standard InChI is InChI=1S/C12H13N5O3S/c1-2-6-15-21(19,20)10-5-3-4-9(7-10)11(18)16-12-13-8-14-17-12/h2-5,7-8,15H,1,6H2,(H2,13,14,16,17,18). The fourth-order valence-electron chi connectivity index (χ4n) is 1.50. The zero-order valence-electron chi connectivity index (χ0n) is 10.9. The SMILES string of the molecule is C=CCNS(=O)(=O)c1cccc(C(=O)Nc2ncn[nH]2)c1. The zero-order chi connectivity index (χ0) is 15.3. The van der Waals surface area contributed by atoms with E-state index in [0.29, 0.717) is 0 Å². The highest BCUT2D eigenvalue weighted by molar-refractivity contribution is 7.89. The van der Waals surface area contributed by atoms with Crippen LogP contribution in [0.4, 0.5) is 5.95 Å². The molecule has 110 valence electrons. The monoisotopic (exact) mass is 307 g/mol. The summed E-state index contributed by atoms with van der Waals surface area (Å²) in [6.07, 6.45) is 2.67. The third-order valence-electron chi connectivity index (χ3n) is 2.47. The highest BCUT2D eigenvalue weighted by Gasteiger charge is 2.15. The number of nitrogens with zero attached hydrogens (tertiary/aromatic N) is 2. The van der Waals surface area contributed by atoms with Gasteiger partial charge in [-0.05, 0) is 18.2 Å². The summed E-state index contributed by atoms with van der Waals surface area (Å²) in [6.45, 7) is 3.55. The predicted octanol–water partition coefficient (Wildman–Crippen LogP) is 0.521. The van der Waals surface area contributed by atoms with E-state index in [0.717, 1.165) is 0 Å². The maximum Gasteiger partial charge on any atom is 0.258 e. The van der Waals surface area contributed by atoms with Crippen molar-refractivity contribution < 1.29 is 13.2 Å². The van der Waals surface area contributed by atoms with Crippen LogP contribution in [0.2, 0.25) is 0 Å². The molecule has 0 bridgehead atoms. The van der Waals surface area contributed by atoms with E-state index in [1.54, 1.807) is 0 Å². The summed E-state index contributed by atoms with van der Waals surface area (Å²) in [5.41, 5.74) is 0.188. The highest BCUT2D eigenvalue weighted by atomic mass is 32.2. The second-order valence-electron chi connectivity index (χ2n) is 3.96. The molecule has 1 aromatic heterocycles. The molecule has 0 unspecified atom stereocenters. The van der Waals surface area contributed by atoms with Crippen molar-refractivity contribution in [1.82, 2.24) is 19.9 Å². The largest absolute Gasteiger partial charge is 0.291 e. The first-order chi connectivity index (χ1) is 10.0. The number of benzene rings is 1. The molecule has 8 nitrogen and oxygen atoms in total. The van der Waals surface area contributed by atoms with Crippen LogP contribution in [0.15, 0.2) is 48.1 Å². The topological polar surface area (TPSA) is 117 Å². The van der Waals surface area contributed by atoms with E-state index >= 15 is 0 Å². The Kier molecular flexibility index (Phi) is 4.45. The van der Waals surface area contributed by atoms with E-state index in [9.17, 15) is 13.2 Å². The van der Waals surface area contributed by atoms with E-state index in [2.05, 4.69) is 31.8 Å². The minimum atomic E-state index is -3.68. The van der Waals surface area contributed by atoms with E-state index in [1.807, 2.05) is 0 Å². The number of carbonyl (C=O) groups is 1. The van der Waals surface area contributed by atoms with Crippen LogP contribution in [0, 0.1) is 0 Å². The molecule has 3 N–H and O–H groups in total. The number of sulfonamides is 1. The van der Waals surface area contributed by atoms with Gasteiger partial charge in [-0.2, -0.15) is 10.1 Å². The van der Waals surface area contributed by atoms with Crippen LogP contribution in [-0.4, -0.2) is 36.1 Å². The van der Waals surface area contributed by atoms with Gasteiger partial charge in [0, 0.05) is 12.1 Å². The zero-order valence-corrected chi connectivity index (χ0v) is 11.7. The van der Waals surface area contributed by atoms with Crippen molar-refractivity contribution in [2.45, 2.75) is 4.90 Å². The van der Waals surface area contributed by atoms with Gasteiger partial charge in [-0.1, -0.05) is 12.1 Å². The fraction of sp³-hybridized carbons (Fsp3) is 0.0833. The number of anilines is 1. The number of hydrogen-bond acceptors (Lipinski definition) is 5. The minimum Gasteiger partial charge on any atom is -0.291 e. The molecule has 2 aromatic rings. The third kappa shape index (κ3) is 3.74. The van der Waals surface area contributed by atoms with Crippen molar-refractivity contribution in [3.05, 3.63) is 48.8 Å². The molecule has 1 heterocycles. The quantitative estimate of drug-likeness (QED) is 0.673. The lowest BCUT2D eigenvalue weighted by atomic mass is 10.2. The van der Waals surface area contributed by atoms with Gasteiger partial charge in [0.15, 0.2) is 0 Å². The molecule has 0 aliphatic heterocycles. The summed E-state index contributed by atoms with van der Waals surface area (Å²) in [6, 6.07) is 5.66. The van der Waals surface area contributed by atoms with Crippen LogP contribution in [0.25, 0.3) is 0 Å². The predicted molar refractivity (Wildman–Crippen MR) is 76.2 cm³/mol. The van der Waals surface area contributed by atoms with Gasteiger partial charge >= 0.3 is 0 Å². The second kappa shape index (κ2) is 6.29. The van der Waals surface area contributed by atoms with Crippen LogP contribution in [-0.2, 0) is 10.0 Å². The molecule has 0 aliphatic carbocycles. The Labute approximate surface area is 121 Å². The number of nitrogens with one attached hydrogen (secondary N) is 3. The van der Waals surface area contributed by atoms with Crippen molar-refractivity contribution in [3.8, 4) is 0 Å². The van der Waals surface area contributed by atoms with Crippen molar-refractivity contribution in [2.24, 2.45) is 0 Å². The van der Waals surface area contributed by atoms with Crippen molar-refractivity contribution in [1.29, 1.82) is 0 Å². The van der Waals surface area contributed by atoms with E-state index in [-0.39, 0.29) is 23.0 Å². The van der Waals surface area contributed by atoms with Gasteiger partial charge < -0.3 is 0 Å². The maximum absolute atomic E-state index is 12.0. The molecule has 1 amide bonds. The molecular weight excluding hydrogens is 294 g/mol. The molecule has 2 rings (SSSR count). The molecular formula is C12H13N5O3S. The Morgan fingerprint density at radius 1 is 1.43 bits per heavy atom. The second-order valence-corrected chi connectivity index (χ2v) is 5.72. The van der Waals surface area contributed by atoms with E-state index < -0.39 is 15.9 Å². The molecule has 0 radical (unpaired) electrons. The van der Waals surface area contributed by atoms with Gasteiger partial charge in [0.1, 0.15) is 6.33 Å². The summed E-state index contributed by atoms with van der Waals surface area (Å²) >= 11 is 0. The van der Waals surface area contributed by atoms with E-state index in [4.69, 9.17) is 0 Å². The van der Waals surface area contributed by atoms with Gasteiger partial charge in [-0.3, -0.25) is 10.1 Å². The highest BCUT2D eigenvalue weighted by Crippen LogP contribution is 2.12. The molecule has 0 atom stereocenters. The van der Waals surface area contributed by atoms with Crippen molar-refractivity contribution in [2.75, 3.05) is 11.9 Å². The van der Waals surface area contributed by atoms with Crippen LogP contribution in [0.1, 0.15) is 10.4 Å². The molecule has 9 heteroatoms. The maximum atomic E-state index is 12.0. The molecule has 0 aliphatic rings. The summed E-state index contributed by atoms with van der Waals surface area (Å²) < 4.78 is 26.3. The lowest BCUT2D eigenvalue weighted by Gasteiger charge is -2.07. The first-order valence-electron chi connectivity index (χ1n) is 5.90. The minimum absolute atomic E-state index is 0.00503. The van der Waals surface area contributed by atoms with Crippen LogP contribution in [0.3, 0.4) is 0 Å². The van der Waals surface area contributed by atoms with Crippen molar-refractivity contribution in [3.63, 3.8) is 0 Å². The van der Waals surface area contributed by atoms with E-state index in [1.165, 1.54) is 36.7 Å². The van der Waals surface area contributed by atoms with Crippen LogP contribution in [0.5, 0.6) is 0 Å². The molecule has 1 aromatic carbocycles. The Hall–Kier alpha value is -2.52. The molecule has 0 fully saturated rings. The van der Waals surface area contributed by atoms with Crippen LogP contribution < -0.4 is 10.0 Å². The molecule has 0 saturated heterocycles. The molecule has 0 spiro atoms. The van der Waals surface area contributed by atoms with Crippen molar-refractivity contribution >= 4 is 21.9 Å². The fourth-order valence-corrected chi connectivity index (χ4v) is 2.55. The smallest absolute Gasteiger partial charge is 0.258 e. The first-order valence-corrected chi connectivity index (χ1v) is 7.38. The lowest BCUT2D eigenvalue weighted by molar-refractivity contribution is 0.102. The number of aromatic amines is 1. The van der Waals surface area contributed by atoms with Gasteiger partial charge in [-0.15, -0.1) is 6.58 Å². The molecule has 21 heavy (non-hydrogen) atoms. The molecule has 0 saturated carbocycles. The summed E-state index contributed by atoms with van der Waals surface area (Å²) in [7, 11) is -3.68. The third-order valence-corrected chi connectivity index (χ3v) is 3.89. The lowest BCUT2D eigenvalue weighted by Crippen LogP contribution is -2.24. The Bertz CT molecular complexity index is 740. The summed E-state index contributed by atoms with van der Waals surface area (Å²) in [4.78, 5) is 15.7. The normalized spacial score (nSPS) is 11.0. The number of H-pyrrole nitrogens is 1. The number of carbonyl (C=O) groups excluding carboxylic acids is 1. The number of hydrogen-bond donors (Lipinski definition) is 3. The Morgan fingerprint density at radius 3 is 2.90 bits per heavy atom. The Morgan fingerprint density at radius 2 is 2.24 bits per heavy atom. The number of amides is 1. The van der Waals surface area contributed by atoms with Gasteiger partial charge in [0.05, 0.1) is 4.90 Å². The summed E-state index contributed by atoms with van der Waals surface area (Å²) in [5.74, 6) is -0.314.